The highest BCUT2D eigenvalue weighted by atomic mass is 16.2. The number of nitrogens with one attached hydrogen (secondary N) is 1. The van der Waals surface area contributed by atoms with Crippen LogP contribution in [0.2, 0.25) is 0 Å². The summed E-state index contributed by atoms with van der Waals surface area (Å²) >= 11 is 0. The first-order valence-electron chi connectivity index (χ1n) is 12.6. The highest BCUT2D eigenvalue weighted by molar-refractivity contribution is 6.35. The van der Waals surface area contributed by atoms with Crippen molar-refractivity contribution < 1.29 is 9.59 Å². The minimum atomic E-state index is -0.470. The molecule has 3 heterocycles. The summed E-state index contributed by atoms with van der Waals surface area (Å²) in [6.45, 7) is 8.82. The lowest BCUT2D eigenvalue weighted by Crippen LogP contribution is -2.52. The molecule has 0 saturated carbocycles. The lowest BCUT2D eigenvalue weighted by Gasteiger charge is -2.46. The highest BCUT2D eigenvalue weighted by Crippen LogP contribution is 2.36. The molecule has 4 atom stereocenters. The minimum Gasteiger partial charge on any atom is -0.371 e. The van der Waals surface area contributed by atoms with Gasteiger partial charge < -0.3 is 20.0 Å². The topological polar surface area (TPSA) is 55.9 Å². The molecule has 4 rings (SSSR count). The van der Waals surface area contributed by atoms with E-state index in [9.17, 15) is 9.59 Å². The molecular weight excluding hydrogens is 400 g/mol. The van der Waals surface area contributed by atoms with Gasteiger partial charge in [0.25, 0.3) is 0 Å². The van der Waals surface area contributed by atoms with E-state index in [1.165, 1.54) is 31.5 Å². The van der Waals surface area contributed by atoms with Crippen LogP contribution in [0.15, 0.2) is 24.3 Å². The summed E-state index contributed by atoms with van der Waals surface area (Å²) in [5.74, 6) is 0.325. The standard InChI is InChI=1S/C26H40N4O2/c1-4-14-27-25(31)26(32)30-17-19(2)7-12-24(30)20-8-10-22(11-9-20)29-16-13-23-21(18-29)6-5-15-28(23)3/h8-11,19,21,23-24H,4-7,12-18H2,1-3H3,(H,27,31)/t19-,21-,23+,24+/m0/s1. The Labute approximate surface area is 193 Å². The first-order chi connectivity index (χ1) is 15.5. The molecule has 3 aliphatic heterocycles. The fraction of sp³-hybridized carbons (Fsp3) is 0.692. The number of carbonyl (C=O) groups is 2. The Morgan fingerprint density at radius 2 is 1.81 bits per heavy atom. The molecule has 0 aliphatic carbocycles. The number of likely N-dealkylation sites (tertiary alicyclic amines) is 2. The van der Waals surface area contributed by atoms with Crippen molar-refractivity contribution in [2.24, 2.45) is 11.8 Å². The van der Waals surface area contributed by atoms with Crippen molar-refractivity contribution in [2.45, 2.75) is 64.5 Å². The van der Waals surface area contributed by atoms with Crippen LogP contribution < -0.4 is 10.2 Å². The first-order valence-corrected chi connectivity index (χ1v) is 12.6. The van der Waals surface area contributed by atoms with Gasteiger partial charge in [0, 0.05) is 37.9 Å². The van der Waals surface area contributed by atoms with Crippen LogP contribution in [0.5, 0.6) is 0 Å². The molecule has 1 N–H and O–H groups in total. The van der Waals surface area contributed by atoms with E-state index in [-0.39, 0.29) is 11.9 Å². The van der Waals surface area contributed by atoms with E-state index in [1.807, 2.05) is 6.92 Å². The summed E-state index contributed by atoms with van der Waals surface area (Å²) in [5.41, 5.74) is 2.42. The van der Waals surface area contributed by atoms with Crippen molar-refractivity contribution in [1.29, 1.82) is 0 Å². The average Bonchev–Trinajstić information content (AvgIpc) is 2.82. The summed E-state index contributed by atoms with van der Waals surface area (Å²) in [5, 5.41) is 2.75. The van der Waals surface area contributed by atoms with Crippen molar-refractivity contribution in [3.8, 4) is 0 Å². The molecule has 2 amide bonds. The number of amides is 2. The predicted octanol–water partition coefficient (Wildman–Crippen LogP) is 3.43. The second-order valence-electron chi connectivity index (χ2n) is 10.2. The number of hydrogen-bond donors (Lipinski definition) is 1. The molecular formula is C26H40N4O2. The van der Waals surface area contributed by atoms with Crippen LogP contribution in [0.3, 0.4) is 0 Å². The van der Waals surface area contributed by atoms with Crippen LogP contribution in [0.4, 0.5) is 5.69 Å². The van der Waals surface area contributed by atoms with Crippen LogP contribution in [0.1, 0.15) is 64.0 Å². The number of nitrogens with zero attached hydrogens (tertiary/aromatic N) is 3. The van der Waals surface area contributed by atoms with Crippen molar-refractivity contribution >= 4 is 17.5 Å². The lowest BCUT2D eigenvalue weighted by atomic mass is 9.84. The lowest BCUT2D eigenvalue weighted by molar-refractivity contribution is -0.149. The summed E-state index contributed by atoms with van der Waals surface area (Å²) in [4.78, 5) is 32.2. The Hall–Kier alpha value is -2.08. The van der Waals surface area contributed by atoms with E-state index in [0.29, 0.717) is 19.0 Å². The Balaban J connectivity index is 1.45. The number of anilines is 1. The maximum absolute atomic E-state index is 12.9. The molecule has 3 aliphatic rings. The average molecular weight is 441 g/mol. The zero-order chi connectivity index (χ0) is 22.7. The minimum absolute atomic E-state index is 0.0159. The molecule has 0 radical (unpaired) electrons. The third kappa shape index (κ3) is 4.95. The van der Waals surface area contributed by atoms with Crippen LogP contribution in [0, 0.1) is 11.8 Å². The van der Waals surface area contributed by atoms with Gasteiger partial charge >= 0.3 is 11.8 Å². The fourth-order valence-electron chi connectivity index (χ4n) is 5.96. The molecule has 0 unspecified atom stereocenters. The maximum Gasteiger partial charge on any atom is 0.312 e. The second-order valence-corrected chi connectivity index (χ2v) is 10.2. The van der Waals surface area contributed by atoms with Crippen molar-refractivity contribution in [1.82, 2.24) is 15.1 Å². The van der Waals surface area contributed by atoms with Gasteiger partial charge in [0.15, 0.2) is 0 Å². The number of carbonyl (C=O) groups excluding carboxylic acids is 2. The molecule has 6 nitrogen and oxygen atoms in total. The fourth-order valence-corrected chi connectivity index (χ4v) is 5.96. The third-order valence-electron chi connectivity index (χ3n) is 7.80. The van der Waals surface area contributed by atoms with E-state index in [0.717, 1.165) is 49.9 Å². The Morgan fingerprint density at radius 1 is 1.03 bits per heavy atom. The molecule has 6 heteroatoms. The van der Waals surface area contributed by atoms with E-state index in [4.69, 9.17) is 0 Å². The molecule has 3 saturated heterocycles. The number of benzene rings is 1. The van der Waals surface area contributed by atoms with E-state index in [1.54, 1.807) is 4.90 Å². The van der Waals surface area contributed by atoms with Gasteiger partial charge in [-0.15, -0.1) is 0 Å². The van der Waals surface area contributed by atoms with Gasteiger partial charge in [0.05, 0.1) is 6.04 Å². The highest BCUT2D eigenvalue weighted by Gasteiger charge is 2.36. The molecule has 0 spiro atoms. The largest absolute Gasteiger partial charge is 0.371 e. The van der Waals surface area contributed by atoms with Gasteiger partial charge in [-0.25, -0.2) is 0 Å². The summed E-state index contributed by atoms with van der Waals surface area (Å²) < 4.78 is 0. The number of piperidine rings is 3. The molecule has 1 aromatic rings. The Bertz CT molecular complexity index is 796. The maximum atomic E-state index is 12.9. The van der Waals surface area contributed by atoms with Crippen LogP contribution in [-0.2, 0) is 9.59 Å². The van der Waals surface area contributed by atoms with Gasteiger partial charge in [-0.1, -0.05) is 26.0 Å². The van der Waals surface area contributed by atoms with Gasteiger partial charge in [-0.3, -0.25) is 9.59 Å². The van der Waals surface area contributed by atoms with Crippen LogP contribution >= 0.6 is 0 Å². The Morgan fingerprint density at radius 3 is 2.56 bits per heavy atom. The zero-order valence-electron chi connectivity index (χ0n) is 20.1. The summed E-state index contributed by atoms with van der Waals surface area (Å²) in [6, 6.07) is 9.53. The summed E-state index contributed by atoms with van der Waals surface area (Å²) in [6.07, 6.45) is 6.69. The molecule has 3 fully saturated rings. The predicted molar refractivity (Wildman–Crippen MR) is 129 cm³/mol. The molecule has 176 valence electrons. The van der Waals surface area contributed by atoms with Crippen molar-refractivity contribution in [3.63, 3.8) is 0 Å². The molecule has 1 aromatic carbocycles. The van der Waals surface area contributed by atoms with Crippen LogP contribution in [0.25, 0.3) is 0 Å². The quantitative estimate of drug-likeness (QED) is 0.729. The number of hydrogen-bond acceptors (Lipinski definition) is 4. The van der Waals surface area contributed by atoms with Crippen LogP contribution in [-0.4, -0.2) is 67.4 Å². The zero-order valence-corrected chi connectivity index (χ0v) is 20.1. The van der Waals surface area contributed by atoms with E-state index < -0.39 is 5.91 Å². The molecule has 0 bridgehead atoms. The monoisotopic (exact) mass is 440 g/mol. The van der Waals surface area contributed by atoms with Gasteiger partial charge in [0.1, 0.15) is 0 Å². The van der Waals surface area contributed by atoms with E-state index in [2.05, 4.69) is 53.4 Å². The van der Waals surface area contributed by atoms with Gasteiger partial charge in [0.2, 0.25) is 0 Å². The second kappa shape index (κ2) is 10.2. The summed E-state index contributed by atoms with van der Waals surface area (Å²) in [7, 11) is 2.28. The van der Waals surface area contributed by atoms with Crippen molar-refractivity contribution in [3.05, 3.63) is 29.8 Å². The van der Waals surface area contributed by atoms with Crippen molar-refractivity contribution in [2.75, 3.05) is 44.7 Å². The normalized spacial score (nSPS) is 28.8. The first kappa shape index (κ1) is 23.1. The smallest absolute Gasteiger partial charge is 0.312 e. The molecule has 0 aromatic heterocycles. The Kier molecular flexibility index (Phi) is 7.39. The number of rotatable bonds is 4. The molecule has 32 heavy (non-hydrogen) atoms. The number of fused-ring (bicyclic) bond motifs is 1. The van der Waals surface area contributed by atoms with Gasteiger partial charge in [-0.05, 0) is 81.6 Å². The van der Waals surface area contributed by atoms with Gasteiger partial charge in [-0.2, -0.15) is 0 Å². The SMILES string of the molecule is CCCNC(=O)C(=O)N1C[C@@H](C)CC[C@@H]1c1ccc(N2CC[C@@H]3[C@@H](CCCN3C)C2)cc1. The van der Waals surface area contributed by atoms with E-state index >= 15 is 0 Å². The third-order valence-corrected chi connectivity index (χ3v) is 7.80.